The van der Waals surface area contributed by atoms with E-state index >= 15 is 0 Å². The number of rotatable bonds is 4. The highest BCUT2D eigenvalue weighted by molar-refractivity contribution is 6.10. The van der Waals surface area contributed by atoms with Crippen LogP contribution in [0.1, 0.15) is 23.6 Å². The van der Waals surface area contributed by atoms with Gasteiger partial charge in [-0.25, -0.2) is 4.79 Å². The van der Waals surface area contributed by atoms with Gasteiger partial charge in [0.15, 0.2) is 0 Å². The van der Waals surface area contributed by atoms with Gasteiger partial charge in [0.05, 0.1) is 5.56 Å². The van der Waals surface area contributed by atoms with Crippen LogP contribution in [0.5, 0.6) is 0 Å². The smallest absolute Gasteiger partial charge is 0.324 e. The maximum Gasteiger partial charge on any atom is 0.416 e. The van der Waals surface area contributed by atoms with E-state index in [0.717, 1.165) is 23.8 Å². The highest BCUT2D eigenvalue weighted by Crippen LogP contribution is 2.34. The lowest BCUT2D eigenvalue weighted by Crippen LogP contribution is -2.42. The minimum atomic E-state index is -4.59. The summed E-state index contributed by atoms with van der Waals surface area (Å²) < 4.78 is 39.0. The van der Waals surface area contributed by atoms with Crippen LogP contribution in [0.4, 0.5) is 23.7 Å². The molecule has 2 aromatic carbocycles. The molecule has 2 aromatic rings. The van der Waals surface area contributed by atoms with E-state index in [9.17, 15) is 27.6 Å². The van der Waals surface area contributed by atoms with Gasteiger partial charge in [-0.15, -0.1) is 0 Å². The number of alkyl halides is 3. The molecule has 3 rings (SSSR count). The molecule has 4 amide bonds. The predicted octanol–water partition coefficient (Wildman–Crippen LogP) is 3.42. The normalized spacial score (nSPS) is 19.3. The molecule has 1 aliphatic rings. The minimum absolute atomic E-state index is 0.0208. The summed E-state index contributed by atoms with van der Waals surface area (Å²) in [5.41, 5.74) is -1.33. The van der Waals surface area contributed by atoms with Crippen molar-refractivity contribution in [1.82, 2.24) is 10.2 Å². The summed E-state index contributed by atoms with van der Waals surface area (Å²) in [5, 5.41) is 5.01. The Kier molecular flexibility index (Phi) is 5.08. The Hall–Kier alpha value is -3.36. The molecule has 29 heavy (non-hydrogen) atoms. The number of imide groups is 1. The molecule has 9 heteroatoms. The van der Waals surface area contributed by atoms with Crippen molar-refractivity contribution < 1.29 is 27.6 Å². The van der Waals surface area contributed by atoms with Gasteiger partial charge in [0.25, 0.3) is 5.91 Å². The van der Waals surface area contributed by atoms with Crippen molar-refractivity contribution in [2.45, 2.75) is 25.6 Å². The molecule has 0 aliphatic carbocycles. The molecule has 0 aromatic heterocycles. The lowest BCUT2D eigenvalue weighted by molar-refractivity contribution is -0.138. The molecule has 0 spiro atoms. The number of halogens is 3. The van der Waals surface area contributed by atoms with Gasteiger partial charge < -0.3 is 10.6 Å². The number of benzene rings is 2. The highest BCUT2D eigenvalue weighted by atomic mass is 19.4. The Balaban J connectivity index is 1.80. The number of nitrogens with one attached hydrogen (secondary N) is 2. The van der Waals surface area contributed by atoms with E-state index in [0.29, 0.717) is 10.6 Å². The fraction of sp³-hybridized carbons (Fsp3) is 0.250. The van der Waals surface area contributed by atoms with Crippen LogP contribution >= 0.6 is 0 Å². The zero-order chi connectivity index (χ0) is 21.4. The average Bonchev–Trinajstić information content (AvgIpc) is 2.87. The summed E-state index contributed by atoms with van der Waals surface area (Å²) in [6.07, 6.45) is -4.59. The Morgan fingerprint density at radius 3 is 2.48 bits per heavy atom. The number of aryl methyl sites for hydroxylation is 1. The SMILES string of the molecule is Cc1ccccc1NC(=O)CN1C(=O)N[C@@](C)(c2cccc(C(F)(F)F)c2)C1=O. The van der Waals surface area contributed by atoms with Gasteiger partial charge >= 0.3 is 12.2 Å². The molecule has 2 N–H and O–H groups in total. The van der Waals surface area contributed by atoms with Crippen LogP contribution in [0, 0.1) is 6.92 Å². The standard InChI is InChI=1S/C20H18F3N3O3/c1-12-6-3-4-9-15(12)24-16(27)11-26-17(28)19(2,25-18(26)29)13-7-5-8-14(10-13)20(21,22)23/h3-10H,11H2,1-2H3,(H,24,27)(H,25,29)/t19-/m0/s1. The molecule has 152 valence electrons. The number of carbonyl (C=O) groups is 3. The molecule has 1 aliphatic heterocycles. The monoisotopic (exact) mass is 405 g/mol. The van der Waals surface area contributed by atoms with Gasteiger partial charge in [-0.2, -0.15) is 13.2 Å². The zero-order valence-electron chi connectivity index (χ0n) is 15.6. The molecule has 0 unspecified atom stereocenters. The van der Waals surface area contributed by atoms with Gasteiger partial charge in [-0.1, -0.05) is 30.3 Å². The molecular formula is C20H18F3N3O3. The third-order valence-corrected chi connectivity index (χ3v) is 4.76. The number of amides is 4. The number of para-hydroxylation sites is 1. The van der Waals surface area contributed by atoms with E-state index in [2.05, 4.69) is 10.6 Å². The fourth-order valence-corrected chi connectivity index (χ4v) is 3.09. The summed E-state index contributed by atoms with van der Waals surface area (Å²) in [5.74, 6) is -1.40. The van der Waals surface area contributed by atoms with Crippen LogP contribution in [-0.2, 0) is 21.3 Å². The molecule has 1 saturated heterocycles. The first-order valence-corrected chi connectivity index (χ1v) is 8.70. The second-order valence-electron chi connectivity index (χ2n) is 6.89. The van der Waals surface area contributed by atoms with Crippen molar-refractivity contribution in [3.8, 4) is 0 Å². The minimum Gasteiger partial charge on any atom is -0.324 e. The lowest BCUT2D eigenvalue weighted by atomic mass is 9.90. The van der Waals surface area contributed by atoms with Crippen molar-refractivity contribution in [3.05, 3.63) is 65.2 Å². The summed E-state index contributed by atoms with van der Waals surface area (Å²) >= 11 is 0. The van der Waals surface area contributed by atoms with E-state index < -0.39 is 41.7 Å². The number of nitrogens with zero attached hydrogens (tertiary/aromatic N) is 1. The second kappa shape index (κ2) is 7.23. The van der Waals surface area contributed by atoms with E-state index in [1.807, 2.05) is 0 Å². The topological polar surface area (TPSA) is 78.5 Å². The fourth-order valence-electron chi connectivity index (χ4n) is 3.09. The second-order valence-corrected chi connectivity index (χ2v) is 6.89. The van der Waals surface area contributed by atoms with E-state index in [4.69, 9.17) is 0 Å². The molecule has 0 radical (unpaired) electrons. The first kappa shape index (κ1) is 20.4. The summed E-state index contributed by atoms with van der Waals surface area (Å²) in [6.45, 7) is 2.53. The third kappa shape index (κ3) is 3.94. The molecule has 1 fully saturated rings. The lowest BCUT2D eigenvalue weighted by Gasteiger charge is -2.23. The Morgan fingerprint density at radius 2 is 1.83 bits per heavy atom. The maximum absolute atomic E-state index is 13.0. The number of urea groups is 1. The number of anilines is 1. The average molecular weight is 405 g/mol. The zero-order valence-corrected chi connectivity index (χ0v) is 15.6. The van der Waals surface area contributed by atoms with Gasteiger partial charge in [0.1, 0.15) is 12.1 Å². The molecular weight excluding hydrogens is 387 g/mol. The van der Waals surface area contributed by atoms with Crippen LogP contribution in [0.15, 0.2) is 48.5 Å². The third-order valence-electron chi connectivity index (χ3n) is 4.76. The van der Waals surface area contributed by atoms with Gasteiger partial charge in [0.2, 0.25) is 5.91 Å². The van der Waals surface area contributed by atoms with E-state index in [1.165, 1.54) is 13.0 Å². The van der Waals surface area contributed by atoms with Crippen molar-refractivity contribution >= 4 is 23.5 Å². The first-order chi connectivity index (χ1) is 13.5. The van der Waals surface area contributed by atoms with Crippen molar-refractivity contribution in [2.24, 2.45) is 0 Å². The van der Waals surface area contributed by atoms with Crippen molar-refractivity contribution in [3.63, 3.8) is 0 Å². The van der Waals surface area contributed by atoms with Crippen LogP contribution in [0.3, 0.4) is 0 Å². The predicted molar refractivity (Wildman–Crippen MR) is 98.8 cm³/mol. The molecule has 0 bridgehead atoms. The van der Waals surface area contributed by atoms with E-state index in [-0.39, 0.29) is 5.56 Å². The summed E-state index contributed by atoms with van der Waals surface area (Å²) in [7, 11) is 0. The van der Waals surface area contributed by atoms with Crippen LogP contribution in [-0.4, -0.2) is 29.3 Å². The molecule has 6 nitrogen and oxygen atoms in total. The quantitative estimate of drug-likeness (QED) is 0.766. The van der Waals surface area contributed by atoms with Gasteiger partial charge in [-0.05, 0) is 43.2 Å². The molecule has 1 atom stereocenters. The summed E-state index contributed by atoms with van der Waals surface area (Å²) in [4.78, 5) is 38.1. The summed E-state index contributed by atoms with van der Waals surface area (Å²) in [6, 6.07) is 10.3. The highest BCUT2D eigenvalue weighted by Gasteiger charge is 2.50. The number of hydrogen-bond donors (Lipinski definition) is 2. The van der Waals surface area contributed by atoms with Gasteiger partial charge in [0, 0.05) is 5.69 Å². The Morgan fingerprint density at radius 1 is 1.14 bits per heavy atom. The van der Waals surface area contributed by atoms with Crippen molar-refractivity contribution in [2.75, 3.05) is 11.9 Å². The van der Waals surface area contributed by atoms with E-state index in [1.54, 1.807) is 31.2 Å². The van der Waals surface area contributed by atoms with Crippen LogP contribution in [0.25, 0.3) is 0 Å². The Bertz CT molecular complexity index is 990. The molecule has 1 heterocycles. The number of hydrogen-bond acceptors (Lipinski definition) is 3. The van der Waals surface area contributed by atoms with Crippen molar-refractivity contribution in [1.29, 1.82) is 0 Å². The van der Waals surface area contributed by atoms with Crippen LogP contribution in [0.2, 0.25) is 0 Å². The Labute approximate surface area is 164 Å². The largest absolute Gasteiger partial charge is 0.416 e. The number of carbonyl (C=O) groups excluding carboxylic acids is 3. The first-order valence-electron chi connectivity index (χ1n) is 8.70. The molecule has 0 saturated carbocycles. The van der Waals surface area contributed by atoms with Gasteiger partial charge in [-0.3, -0.25) is 14.5 Å². The van der Waals surface area contributed by atoms with Crippen LogP contribution < -0.4 is 10.6 Å². The maximum atomic E-state index is 13.0.